The summed E-state index contributed by atoms with van der Waals surface area (Å²) in [6.45, 7) is 0.378. The van der Waals surface area contributed by atoms with Crippen LogP contribution in [0.25, 0.3) is 11.0 Å². The van der Waals surface area contributed by atoms with E-state index in [9.17, 15) is 4.79 Å². The van der Waals surface area contributed by atoms with Gasteiger partial charge in [-0.1, -0.05) is 48.5 Å². The van der Waals surface area contributed by atoms with E-state index in [4.69, 9.17) is 4.42 Å². The smallest absolute Gasteiger partial charge is 0.287 e. The van der Waals surface area contributed by atoms with Crippen molar-refractivity contribution in [3.63, 3.8) is 0 Å². The number of fused-ring (bicyclic) bond motifs is 1. The molecule has 2 aromatic carbocycles. The molecule has 1 N–H and O–H groups in total. The summed E-state index contributed by atoms with van der Waals surface area (Å²) in [6.07, 6.45) is 3.13. The first-order valence-corrected chi connectivity index (χ1v) is 7.97. The lowest BCUT2D eigenvalue weighted by molar-refractivity contribution is 0.0923. The average Bonchev–Trinajstić information content (AvgIpc) is 3.32. The zero-order chi connectivity index (χ0) is 17.1. The summed E-state index contributed by atoms with van der Waals surface area (Å²) < 4.78 is 7.34. The van der Waals surface area contributed by atoms with E-state index >= 15 is 0 Å². The third-order valence-corrected chi connectivity index (χ3v) is 4.05. The topological polar surface area (TPSA) is 73.0 Å². The van der Waals surface area contributed by atoms with Gasteiger partial charge in [-0.15, -0.1) is 0 Å². The Labute approximate surface area is 144 Å². The van der Waals surface area contributed by atoms with E-state index in [-0.39, 0.29) is 11.9 Å². The molecule has 6 heteroatoms. The highest BCUT2D eigenvalue weighted by atomic mass is 16.3. The highest BCUT2D eigenvalue weighted by molar-refractivity contribution is 5.96. The third-order valence-electron chi connectivity index (χ3n) is 4.05. The second-order valence-corrected chi connectivity index (χ2v) is 5.66. The molecule has 0 saturated carbocycles. The van der Waals surface area contributed by atoms with Gasteiger partial charge in [0.1, 0.15) is 18.2 Å². The van der Waals surface area contributed by atoms with Gasteiger partial charge in [-0.25, -0.2) is 9.67 Å². The molecule has 2 aromatic heterocycles. The molecule has 124 valence electrons. The van der Waals surface area contributed by atoms with Crippen LogP contribution >= 0.6 is 0 Å². The largest absolute Gasteiger partial charge is 0.451 e. The highest BCUT2D eigenvalue weighted by Crippen LogP contribution is 2.19. The first kappa shape index (κ1) is 15.1. The molecule has 1 amide bonds. The standard InChI is InChI=1S/C19H16N4O2/c24-19(18-10-15-8-4-5-9-17(15)25-18)21-11-16(23-13-20-12-22-23)14-6-2-1-3-7-14/h1-10,12-13,16H,11H2,(H,21,24). The van der Waals surface area contributed by atoms with Crippen LogP contribution in [0.4, 0.5) is 0 Å². The van der Waals surface area contributed by atoms with Gasteiger partial charge in [-0.05, 0) is 17.7 Å². The molecule has 0 saturated heterocycles. The number of nitrogens with zero attached hydrogens (tertiary/aromatic N) is 3. The maximum absolute atomic E-state index is 12.5. The number of hydrogen-bond donors (Lipinski definition) is 1. The van der Waals surface area contributed by atoms with Crippen LogP contribution in [0.5, 0.6) is 0 Å². The van der Waals surface area contributed by atoms with E-state index < -0.39 is 0 Å². The molecule has 0 fully saturated rings. The Balaban J connectivity index is 1.54. The molecule has 0 bridgehead atoms. The van der Waals surface area contributed by atoms with E-state index in [1.54, 1.807) is 17.1 Å². The van der Waals surface area contributed by atoms with E-state index in [1.807, 2.05) is 54.6 Å². The highest BCUT2D eigenvalue weighted by Gasteiger charge is 2.18. The monoisotopic (exact) mass is 332 g/mol. The fourth-order valence-corrected chi connectivity index (χ4v) is 2.79. The minimum atomic E-state index is -0.253. The Morgan fingerprint density at radius 2 is 1.92 bits per heavy atom. The number of benzene rings is 2. The number of amides is 1. The van der Waals surface area contributed by atoms with E-state index in [1.165, 1.54) is 6.33 Å². The van der Waals surface area contributed by atoms with Gasteiger partial charge in [0.25, 0.3) is 5.91 Å². The van der Waals surface area contributed by atoms with Gasteiger partial charge in [-0.2, -0.15) is 5.10 Å². The molecule has 0 aliphatic carbocycles. The van der Waals surface area contributed by atoms with Crippen molar-refractivity contribution in [3.8, 4) is 0 Å². The van der Waals surface area contributed by atoms with Gasteiger partial charge in [0.15, 0.2) is 5.76 Å². The van der Waals surface area contributed by atoms with Crippen molar-refractivity contribution in [1.82, 2.24) is 20.1 Å². The molecule has 1 unspecified atom stereocenters. The van der Waals surface area contributed by atoms with Crippen LogP contribution in [-0.2, 0) is 0 Å². The summed E-state index contributed by atoms with van der Waals surface area (Å²) >= 11 is 0. The third kappa shape index (κ3) is 3.14. The molecule has 6 nitrogen and oxygen atoms in total. The van der Waals surface area contributed by atoms with Crippen LogP contribution < -0.4 is 5.32 Å². The normalized spacial score (nSPS) is 12.2. The lowest BCUT2D eigenvalue weighted by Gasteiger charge is -2.17. The van der Waals surface area contributed by atoms with Gasteiger partial charge < -0.3 is 9.73 Å². The molecule has 0 radical (unpaired) electrons. The minimum absolute atomic E-state index is 0.142. The number of rotatable bonds is 5. The predicted molar refractivity (Wildman–Crippen MR) is 93.2 cm³/mol. The zero-order valence-corrected chi connectivity index (χ0v) is 13.4. The van der Waals surface area contributed by atoms with Crippen molar-refractivity contribution in [1.29, 1.82) is 0 Å². The number of hydrogen-bond acceptors (Lipinski definition) is 4. The second-order valence-electron chi connectivity index (χ2n) is 5.66. The molecule has 2 heterocycles. The molecule has 0 aliphatic rings. The Bertz CT molecular complexity index is 944. The molecular weight excluding hydrogens is 316 g/mol. The van der Waals surface area contributed by atoms with Gasteiger partial charge in [0.05, 0.1) is 6.04 Å². The van der Waals surface area contributed by atoms with E-state index in [0.29, 0.717) is 17.9 Å². The average molecular weight is 332 g/mol. The number of furan rings is 1. The van der Waals surface area contributed by atoms with Crippen molar-refractivity contribution >= 4 is 16.9 Å². The summed E-state index contributed by atoms with van der Waals surface area (Å²) in [5.74, 6) is 0.0452. The minimum Gasteiger partial charge on any atom is -0.451 e. The van der Waals surface area contributed by atoms with Crippen LogP contribution in [0.1, 0.15) is 22.2 Å². The quantitative estimate of drug-likeness (QED) is 0.610. The van der Waals surface area contributed by atoms with Gasteiger partial charge in [0, 0.05) is 11.9 Å². The zero-order valence-electron chi connectivity index (χ0n) is 13.4. The van der Waals surface area contributed by atoms with Crippen LogP contribution in [0.15, 0.2) is 77.7 Å². The summed E-state index contributed by atoms with van der Waals surface area (Å²) in [7, 11) is 0. The second kappa shape index (κ2) is 6.60. The van der Waals surface area contributed by atoms with Crippen LogP contribution in [0, 0.1) is 0 Å². The molecule has 25 heavy (non-hydrogen) atoms. The summed E-state index contributed by atoms with van der Waals surface area (Å²) in [4.78, 5) is 16.5. The molecule has 0 aliphatic heterocycles. The fourth-order valence-electron chi connectivity index (χ4n) is 2.79. The SMILES string of the molecule is O=C(NCC(c1ccccc1)n1cncn1)c1cc2ccccc2o1. The molecule has 1 atom stereocenters. The van der Waals surface area contributed by atoms with E-state index in [0.717, 1.165) is 10.9 Å². The lowest BCUT2D eigenvalue weighted by Crippen LogP contribution is -2.31. The number of carbonyl (C=O) groups is 1. The Kier molecular flexibility index (Phi) is 4.00. The van der Waals surface area contributed by atoms with Crippen molar-refractivity contribution in [2.24, 2.45) is 0 Å². The van der Waals surface area contributed by atoms with Crippen LogP contribution in [0.2, 0.25) is 0 Å². The Morgan fingerprint density at radius 3 is 2.68 bits per heavy atom. The van der Waals surface area contributed by atoms with E-state index in [2.05, 4.69) is 15.4 Å². The predicted octanol–water partition coefficient (Wildman–Crippen LogP) is 3.04. The first-order chi connectivity index (χ1) is 12.3. The Hall–Kier alpha value is -3.41. The molecular formula is C19H16N4O2. The lowest BCUT2D eigenvalue weighted by atomic mass is 10.1. The van der Waals surface area contributed by atoms with Crippen molar-refractivity contribution in [2.75, 3.05) is 6.54 Å². The van der Waals surface area contributed by atoms with Gasteiger partial charge in [0.2, 0.25) is 0 Å². The summed E-state index contributed by atoms with van der Waals surface area (Å²) in [6, 6.07) is 19.0. The number of carbonyl (C=O) groups excluding carboxylic acids is 1. The van der Waals surface area contributed by atoms with Crippen molar-refractivity contribution in [3.05, 3.63) is 84.6 Å². The Morgan fingerprint density at radius 1 is 1.12 bits per heavy atom. The fraction of sp³-hybridized carbons (Fsp3) is 0.105. The molecule has 4 rings (SSSR count). The summed E-state index contributed by atoms with van der Waals surface area (Å²) in [5, 5.41) is 8.04. The number of para-hydroxylation sites is 1. The van der Waals surface area contributed by atoms with Crippen molar-refractivity contribution < 1.29 is 9.21 Å². The van der Waals surface area contributed by atoms with Gasteiger partial charge in [-0.3, -0.25) is 4.79 Å². The van der Waals surface area contributed by atoms with Gasteiger partial charge >= 0.3 is 0 Å². The number of nitrogens with one attached hydrogen (secondary N) is 1. The maximum atomic E-state index is 12.5. The molecule has 0 spiro atoms. The van der Waals surface area contributed by atoms with Crippen LogP contribution in [0.3, 0.4) is 0 Å². The summed E-state index contributed by atoms with van der Waals surface area (Å²) in [5.41, 5.74) is 1.74. The number of aromatic nitrogens is 3. The van der Waals surface area contributed by atoms with Crippen LogP contribution in [-0.4, -0.2) is 27.2 Å². The van der Waals surface area contributed by atoms with Crippen molar-refractivity contribution in [2.45, 2.75) is 6.04 Å². The first-order valence-electron chi connectivity index (χ1n) is 7.97. The molecule has 4 aromatic rings. The maximum Gasteiger partial charge on any atom is 0.287 e.